The van der Waals surface area contributed by atoms with Gasteiger partial charge in [-0.25, -0.2) is 4.68 Å². The zero-order valence-electron chi connectivity index (χ0n) is 10.9. The minimum atomic E-state index is -0.0594. The largest absolute Gasteiger partial charge is 0.278 e. The van der Waals surface area contributed by atoms with Gasteiger partial charge >= 0.3 is 0 Å². The molecule has 1 heterocycles. The lowest BCUT2D eigenvalue weighted by Gasteiger charge is -2.02. The van der Waals surface area contributed by atoms with Gasteiger partial charge in [0.1, 0.15) is 0 Å². The van der Waals surface area contributed by atoms with Crippen LogP contribution in [-0.2, 0) is 6.42 Å². The number of hydrogen-bond acceptors (Lipinski definition) is 2. The first-order valence-electron chi connectivity index (χ1n) is 6.37. The molecule has 1 aromatic carbocycles. The van der Waals surface area contributed by atoms with Crippen LogP contribution in [0, 0.1) is 6.92 Å². The van der Waals surface area contributed by atoms with Crippen LogP contribution >= 0.6 is 0 Å². The standard InChI is InChI=1S/C15H18N2O/c1-3-4-10-14-11-12(2)17(16-14)15(18)13-8-6-5-7-9-13/h5-9,11H,3-4,10H2,1-2H3. The number of rotatable bonds is 4. The first-order chi connectivity index (χ1) is 8.72. The van der Waals surface area contributed by atoms with E-state index in [1.165, 1.54) is 4.68 Å². The highest BCUT2D eigenvalue weighted by atomic mass is 16.2. The van der Waals surface area contributed by atoms with Gasteiger partial charge in [0, 0.05) is 11.3 Å². The van der Waals surface area contributed by atoms with Crippen molar-refractivity contribution in [3.8, 4) is 0 Å². The molecule has 0 amide bonds. The van der Waals surface area contributed by atoms with Gasteiger partial charge in [0.05, 0.1) is 5.69 Å². The number of unbranched alkanes of at least 4 members (excludes halogenated alkanes) is 1. The van der Waals surface area contributed by atoms with Crippen LogP contribution in [0.3, 0.4) is 0 Å². The summed E-state index contributed by atoms with van der Waals surface area (Å²) in [7, 11) is 0. The quantitative estimate of drug-likeness (QED) is 0.825. The SMILES string of the molecule is CCCCc1cc(C)n(C(=O)c2ccccc2)n1. The smallest absolute Gasteiger partial charge is 0.267 e. The van der Waals surface area contributed by atoms with Crippen LogP contribution in [0.25, 0.3) is 0 Å². The molecule has 0 fully saturated rings. The molecule has 0 aliphatic carbocycles. The summed E-state index contributed by atoms with van der Waals surface area (Å²) >= 11 is 0. The Morgan fingerprint density at radius 2 is 2.00 bits per heavy atom. The molecule has 0 saturated carbocycles. The summed E-state index contributed by atoms with van der Waals surface area (Å²) in [6, 6.07) is 11.3. The maximum atomic E-state index is 12.3. The Balaban J connectivity index is 2.23. The maximum absolute atomic E-state index is 12.3. The summed E-state index contributed by atoms with van der Waals surface area (Å²) in [6.45, 7) is 4.07. The van der Waals surface area contributed by atoms with Crippen LogP contribution in [0.1, 0.15) is 41.5 Å². The molecule has 2 aromatic rings. The molecule has 2 rings (SSSR count). The van der Waals surface area contributed by atoms with E-state index in [-0.39, 0.29) is 5.91 Å². The molecule has 18 heavy (non-hydrogen) atoms. The fourth-order valence-corrected chi connectivity index (χ4v) is 1.93. The van der Waals surface area contributed by atoms with Crippen LogP contribution in [0.15, 0.2) is 36.4 Å². The van der Waals surface area contributed by atoms with Crippen LogP contribution in [0.4, 0.5) is 0 Å². The van der Waals surface area contributed by atoms with E-state index in [0.717, 1.165) is 30.7 Å². The van der Waals surface area contributed by atoms with E-state index >= 15 is 0 Å². The summed E-state index contributed by atoms with van der Waals surface area (Å²) in [5, 5.41) is 4.39. The lowest BCUT2D eigenvalue weighted by atomic mass is 10.2. The molecule has 0 aliphatic rings. The second kappa shape index (κ2) is 5.63. The lowest BCUT2D eigenvalue weighted by Crippen LogP contribution is -2.15. The molecule has 94 valence electrons. The molecule has 0 atom stereocenters. The average Bonchev–Trinajstić information content (AvgIpc) is 2.78. The van der Waals surface area contributed by atoms with Crippen molar-refractivity contribution in [3.05, 3.63) is 53.3 Å². The third kappa shape index (κ3) is 2.67. The van der Waals surface area contributed by atoms with E-state index in [4.69, 9.17) is 0 Å². The number of carbonyl (C=O) groups is 1. The Hall–Kier alpha value is -1.90. The predicted molar refractivity (Wildman–Crippen MR) is 71.7 cm³/mol. The van der Waals surface area contributed by atoms with Gasteiger partial charge in [0.15, 0.2) is 0 Å². The van der Waals surface area contributed by atoms with Crippen LogP contribution in [0.2, 0.25) is 0 Å². The average molecular weight is 242 g/mol. The predicted octanol–water partition coefficient (Wildman–Crippen LogP) is 3.22. The molecule has 0 aliphatic heterocycles. The Morgan fingerprint density at radius 1 is 1.28 bits per heavy atom. The highest BCUT2D eigenvalue weighted by Gasteiger charge is 2.12. The fourth-order valence-electron chi connectivity index (χ4n) is 1.93. The Labute approximate surface area is 107 Å². The maximum Gasteiger partial charge on any atom is 0.278 e. The summed E-state index contributed by atoms with van der Waals surface area (Å²) in [5.74, 6) is -0.0594. The van der Waals surface area contributed by atoms with Crippen molar-refractivity contribution in [3.63, 3.8) is 0 Å². The van der Waals surface area contributed by atoms with E-state index in [0.29, 0.717) is 5.56 Å². The lowest BCUT2D eigenvalue weighted by molar-refractivity contribution is 0.0942. The van der Waals surface area contributed by atoms with Crippen LogP contribution < -0.4 is 0 Å². The minimum Gasteiger partial charge on any atom is -0.267 e. The normalized spacial score (nSPS) is 10.6. The molecule has 0 radical (unpaired) electrons. The third-order valence-electron chi connectivity index (χ3n) is 2.94. The number of hydrogen-bond donors (Lipinski definition) is 0. The summed E-state index contributed by atoms with van der Waals surface area (Å²) < 4.78 is 1.50. The van der Waals surface area contributed by atoms with Crippen molar-refractivity contribution in [2.45, 2.75) is 33.1 Å². The summed E-state index contributed by atoms with van der Waals surface area (Å²) in [4.78, 5) is 12.3. The van der Waals surface area contributed by atoms with E-state index < -0.39 is 0 Å². The van der Waals surface area contributed by atoms with Gasteiger partial charge in [-0.1, -0.05) is 31.5 Å². The molecule has 0 spiro atoms. The molecule has 1 aromatic heterocycles. The van der Waals surface area contributed by atoms with Gasteiger partial charge in [-0.3, -0.25) is 4.79 Å². The van der Waals surface area contributed by atoms with Gasteiger partial charge in [-0.05, 0) is 38.0 Å². The molecule has 3 heteroatoms. The van der Waals surface area contributed by atoms with Gasteiger partial charge in [-0.2, -0.15) is 5.10 Å². The molecular weight excluding hydrogens is 224 g/mol. The Kier molecular flexibility index (Phi) is 3.92. The zero-order chi connectivity index (χ0) is 13.0. The van der Waals surface area contributed by atoms with Crippen molar-refractivity contribution < 1.29 is 4.79 Å². The molecule has 0 unspecified atom stereocenters. The van der Waals surface area contributed by atoms with E-state index in [1.807, 2.05) is 43.3 Å². The Morgan fingerprint density at radius 3 is 2.67 bits per heavy atom. The van der Waals surface area contributed by atoms with Gasteiger partial charge in [0.25, 0.3) is 5.91 Å². The highest BCUT2D eigenvalue weighted by molar-refractivity contribution is 5.95. The monoisotopic (exact) mass is 242 g/mol. The van der Waals surface area contributed by atoms with Gasteiger partial charge < -0.3 is 0 Å². The third-order valence-corrected chi connectivity index (χ3v) is 2.94. The Bertz CT molecular complexity index is 529. The van der Waals surface area contributed by atoms with Gasteiger partial charge in [-0.15, -0.1) is 0 Å². The minimum absolute atomic E-state index is 0.0594. The molecule has 0 bridgehead atoms. The highest BCUT2D eigenvalue weighted by Crippen LogP contribution is 2.10. The molecule has 0 saturated heterocycles. The number of carbonyl (C=O) groups excluding carboxylic acids is 1. The molecule has 0 N–H and O–H groups in total. The van der Waals surface area contributed by atoms with Crippen molar-refractivity contribution >= 4 is 5.91 Å². The fraction of sp³-hybridized carbons (Fsp3) is 0.333. The van der Waals surface area contributed by atoms with Gasteiger partial charge in [0.2, 0.25) is 0 Å². The second-order valence-electron chi connectivity index (χ2n) is 4.46. The van der Waals surface area contributed by atoms with Crippen molar-refractivity contribution in [1.29, 1.82) is 0 Å². The number of nitrogens with zero attached hydrogens (tertiary/aromatic N) is 2. The van der Waals surface area contributed by atoms with E-state index in [9.17, 15) is 4.79 Å². The number of aryl methyl sites for hydroxylation is 2. The first kappa shape index (κ1) is 12.6. The number of aromatic nitrogens is 2. The summed E-state index contributed by atoms with van der Waals surface area (Å²) in [5.41, 5.74) is 2.57. The first-order valence-corrected chi connectivity index (χ1v) is 6.37. The molecule has 3 nitrogen and oxygen atoms in total. The van der Waals surface area contributed by atoms with Crippen molar-refractivity contribution in [2.75, 3.05) is 0 Å². The van der Waals surface area contributed by atoms with Crippen LogP contribution in [-0.4, -0.2) is 15.7 Å². The topological polar surface area (TPSA) is 34.9 Å². The summed E-state index contributed by atoms with van der Waals surface area (Å²) in [6.07, 6.45) is 3.18. The zero-order valence-corrected chi connectivity index (χ0v) is 10.9. The second-order valence-corrected chi connectivity index (χ2v) is 4.46. The van der Waals surface area contributed by atoms with E-state index in [1.54, 1.807) is 0 Å². The van der Waals surface area contributed by atoms with Crippen molar-refractivity contribution in [2.24, 2.45) is 0 Å². The number of benzene rings is 1. The molecular formula is C15H18N2O. The van der Waals surface area contributed by atoms with Crippen molar-refractivity contribution in [1.82, 2.24) is 9.78 Å². The van der Waals surface area contributed by atoms with Crippen LogP contribution in [0.5, 0.6) is 0 Å². The van der Waals surface area contributed by atoms with E-state index in [2.05, 4.69) is 12.0 Å².